The zero-order valence-corrected chi connectivity index (χ0v) is 16.7. The molecule has 0 aromatic heterocycles. The van der Waals surface area contributed by atoms with E-state index in [2.05, 4.69) is 5.32 Å². The summed E-state index contributed by atoms with van der Waals surface area (Å²) in [6.07, 6.45) is 1.27. The molecular weight excluding hydrogens is 372 g/mol. The Morgan fingerprint density at radius 1 is 1.14 bits per heavy atom. The molecule has 0 fully saturated rings. The Labute approximate surface area is 169 Å². The molecule has 7 heteroatoms. The molecule has 0 saturated carbocycles. The van der Waals surface area contributed by atoms with Crippen LogP contribution in [0.2, 0.25) is 0 Å². The lowest BCUT2D eigenvalue weighted by Crippen LogP contribution is -3.07. The van der Waals surface area contributed by atoms with Crippen molar-refractivity contribution in [3.05, 3.63) is 65.4 Å². The SMILES string of the molecule is C[C@H](C[NH+](C)C)OC(=O)/C(=C\c1ccc2c(c1)OCO2)NC(=O)c1ccccc1. The van der Waals surface area contributed by atoms with Gasteiger partial charge < -0.3 is 24.4 Å². The van der Waals surface area contributed by atoms with Crippen LogP contribution in [-0.2, 0) is 9.53 Å². The Kier molecular flexibility index (Phi) is 6.51. The molecule has 0 bridgehead atoms. The van der Waals surface area contributed by atoms with E-state index < -0.39 is 5.97 Å². The van der Waals surface area contributed by atoms with Crippen molar-refractivity contribution < 1.29 is 28.7 Å². The number of rotatable bonds is 7. The Morgan fingerprint density at radius 2 is 1.86 bits per heavy atom. The van der Waals surface area contributed by atoms with Gasteiger partial charge in [-0.3, -0.25) is 4.79 Å². The second kappa shape index (κ2) is 9.25. The van der Waals surface area contributed by atoms with E-state index in [1.54, 1.807) is 48.5 Å². The average molecular weight is 397 g/mol. The number of carbonyl (C=O) groups is 2. The molecular formula is C22H25N2O5+. The normalized spacial score (nSPS) is 13.9. The van der Waals surface area contributed by atoms with Crippen molar-refractivity contribution >= 4 is 18.0 Å². The van der Waals surface area contributed by atoms with Crippen molar-refractivity contribution in [2.75, 3.05) is 27.4 Å². The molecule has 1 heterocycles. The summed E-state index contributed by atoms with van der Waals surface area (Å²) in [5.41, 5.74) is 1.18. The van der Waals surface area contributed by atoms with E-state index in [0.29, 0.717) is 29.2 Å². The van der Waals surface area contributed by atoms with E-state index in [4.69, 9.17) is 14.2 Å². The summed E-state index contributed by atoms with van der Waals surface area (Å²) in [7, 11) is 3.95. The molecule has 2 aromatic rings. The molecule has 0 spiro atoms. The van der Waals surface area contributed by atoms with Crippen molar-refractivity contribution in [1.82, 2.24) is 5.32 Å². The first-order valence-electron chi connectivity index (χ1n) is 9.40. The summed E-state index contributed by atoms with van der Waals surface area (Å²) >= 11 is 0. The number of likely N-dealkylation sites (N-methyl/N-ethyl adjacent to an activating group) is 1. The largest absolute Gasteiger partial charge is 0.454 e. The van der Waals surface area contributed by atoms with Crippen LogP contribution in [0.3, 0.4) is 0 Å². The van der Waals surface area contributed by atoms with Crippen LogP contribution in [-0.4, -0.2) is 45.4 Å². The van der Waals surface area contributed by atoms with Crippen LogP contribution in [0.25, 0.3) is 6.08 Å². The predicted octanol–water partition coefficient (Wildman–Crippen LogP) is 1.26. The van der Waals surface area contributed by atoms with E-state index in [-0.39, 0.29) is 24.5 Å². The minimum atomic E-state index is -0.597. The van der Waals surface area contributed by atoms with Gasteiger partial charge in [-0.1, -0.05) is 24.3 Å². The van der Waals surface area contributed by atoms with E-state index in [1.807, 2.05) is 27.1 Å². The number of fused-ring (bicyclic) bond motifs is 1. The van der Waals surface area contributed by atoms with E-state index >= 15 is 0 Å². The van der Waals surface area contributed by atoms with Gasteiger partial charge in [0.05, 0.1) is 14.1 Å². The summed E-state index contributed by atoms with van der Waals surface area (Å²) in [4.78, 5) is 26.5. The third-order valence-electron chi connectivity index (χ3n) is 4.22. The van der Waals surface area contributed by atoms with E-state index in [0.717, 1.165) is 4.90 Å². The first kappa shape index (κ1) is 20.4. The number of esters is 1. The minimum Gasteiger partial charge on any atom is -0.454 e. The van der Waals surface area contributed by atoms with Gasteiger partial charge in [-0.2, -0.15) is 0 Å². The molecule has 29 heavy (non-hydrogen) atoms. The Hall–Kier alpha value is -3.32. The van der Waals surface area contributed by atoms with Gasteiger partial charge in [0.1, 0.15) is 18.3 Å². The zero-order chi connectivity index (χ0) is 20.8. The van der Waals surface area contributed by atoms with Crippen molar-refractivity contribution in [2.24, 2.45) is 0 Å². The zero-order valence-electron chi connectivity index (χ0n) is 16.7. The maximum absolute atomic E-state index is 12.8. The quantitative estimate of drug-likeness (QED) is 0.543. The summed E-state index contributed by atoms with van der Waals surface area (Å²) in [5, 5.41) is 2.68. The summed E-state index contributed by atoms with van der Waals surface area (Å²) in [5.74, 6) is 0.244. The van der Waals surface area contributed by atoms with Crippen LogP contribution < -0.4 is 19.7 Å². The number of hydrogen-bond donors (Lipinski definition) is 2. The van der Waals surface area contributed by atoms with Crippen molar-refractivity contribution in [2.45, 2.75) is 13.0 Å². The first-order chi connectivity index (χ1) is 13.9. The molecule has 1 amide bonds. The molecule has 1 atom stereocenters. The number of amides is 1. The van der Waals surface area contributed by atoms with Gasteiger partial charge in [-0.25, -0.2) is 4.79 Å². The maximum atomic E-state index is 12.8. The lowest BCUT2D eigenvalue weighted by Gasteiger charge is -2.17. The maximum Gasteiger partial charge on any atom is 0.355 e. The Morgan fingerprint density at radius 3 is 2.59 bits per heavy atom. The first-order valence-corrected chi connectivity index (χ1v) is 9.40. The predicted molar refractivity (Wildman–Crippen MR) is 108 cm³/mol. The van der Waals surface area contributed by atoms with Gasteiger partial charge in [0, 0.05) is 5.56 Å². The van der Waals surface area contributed by atoms with Crippen LogP contribution in [0.4, 0.5) is 0 Å². The van der Waals surface area contributed by atoms with E-state index in [9.17, 15) is 9.59 Å². The minimum absolute atomic E-state index is 0.0540. The second-order valence-corrected chi connectivity index (χ2v) is 7.12. The van der Waals surface area contributed by atoms with Crippen molar-refractivity contribution in [3.8, 4) is 11.5 Å². The number of benzene rings is 2. The molecule has 1 aliphatic rings. The van der Waals surface area contributed by atoms with Crippen LogP contribution in [0.15, 0.2) is 54.2 Å². The number of carbonyl (C=O) groups excluding carboxylic acids is 2. The van der Waals surface area contributed by atoms with Crippen LogP contribution in [0, 0.1) is 0 Å². The fourth-order valence-electron chi connectivity index (χ4n) is 2.96. The second-order valence-electron chi connectivity index (χ2n) is 7.12. The van der Waals surface area contributed by atoms with Gasteiger partial charge in [-0.15, -0.1) is 0 Å². The highest BCUT2D eigenvalue weighted by Crippen LogP contribution is 2.33. The van der Waals surface area contributed by atoms with Crippen LogP contribution in [0.1, 0.15) is 22.8 Å². The molecule has 3 rings (SSSR count). The smallest absolute Gasteiger partial charge is 0.355 e. The molecule has 152 valence electrons. The highest BCUT2D eigenvalue weighted by Gasteiger charge is 2.20. The fourth-order valence-corrected chi connectivity index (χ4v) is 2.96. The average Bonchev–Trinajstić information content (AvgIpc) is 3.15. The standard InChI is InChI=1S/C22H24N2O5/c1-15(13-24(2)3)29-22(26)18(23-21(25)17-7-5-4-6-8-17)11-16-9-10-19-20(12-16)28-14-27-19/h4-12,15H,13-14H2,1-3H3,(H,23,25)/p+1/b18-11+/t15-/m1/s1. The number of quaternary nitrogens is 1. The topological polar surface area (TPSA) is 78.3 Å². The molecule has 0 unspecified atom stereocenters. The van der Waals surface area contributed by atoms with Crippen LogP contribution >= 0.6 is 0 Å². The molecule has 7 nitrogen and oxygen atoms in total. The molecule has 0 aliphatic carbocycles. The van der Waals surface area contributed by atoms with Gasteiger partial charge in [-0.05, 0) is 42.8 Å². The Bertz CT molecular complexity index is 909. The number of hydrogen-bond acceptors (Lipinski definition) is 5. The summed E-state index contributed by atoms with van der Waals surface area (Å²) < 4.78 is 16.2. The third kappa shape index (κ3) is 5.58. The number of ether oxygens (including phenoxy) is 3. The van der Waals surface area contributed by atoms with Crippen LogP contribution in [0.5, 0.6) is 11.5 Å². The number of nitrogens with one attached hydrogen (secondary N) is 2. The third-order valence-corrected chi connectivity index (χ3v) is 4.22. The van der Waals surface area contributed by atoms with E-state index in [1.165, 1.54) is 0 Å². The van der Waals surface area contributed by atoms with Gasteiger partial charge in [0.2, 0.25) is 6.79 Å². The lowest BCUT2D eigenvalue weighted by molar-refractivity contribution is -0.861. The highest BCUT2D eigenvalue weighted by atomic mass is 16.7. The molecule has 2 N–H and O–H groups in total. The van der Waals surface area contributed by atoms with Gasteiger partial charge in [0.15, 0.2) is 11.5 Å². The summed E-state index contributed by atoms with van der Waals surface area (Å²) in [6.45, 7) is 2.63. The molecule has 0 saturated heterocycles. The molecule has 1 aliphatic heterocycles. The highest BCUT2D eigenvalue weighted by molar-refractivity contribution is 6.03. The van der Waals surface area contributed by atoms with Crippen molar-refractivity contribution in [3.63, 3.8) is 0 Å². The van der Waals surface area contributed by atoms with Crippen molar-refractivity contribution in [1.29, 1.82) is 0 Å². The molecule has 2 aromatic carbocycles. The Balaban J connectivity index is 1.84. The van der Waals surface area contributed by atoms with Gasteiger partial charge in [0.25, 0.3) is 5.91 Å². The monoisotopic (exact) mass is 397 g/mol. The fraction of sp³-hybridized carbons (Fsp3) is 0.273. The lowest BCUT2D eigenvalue weighted by atomic mass is 10.1. The molecule has 0 radical (unpaired) electrons. The van der Waals surface area contributed by atoms with Gasteiger partial charge >= 0.3 is 5.97 Å². The summed E-state index contributed by atoms with van der Waals surface area (Å²) in [6, 6.07) is 14.0.